The number of carboxylic acid groups (broad SMARTS) is 1. The largest absolute Gasteiger partial charge is 0.480 e. The second kappa shape index (κ2) is 13.2. The third-order valence-corrected chi connectivity index (χ3v) is 8.41. The van der Waals surface area contributed by atoms with Crippen LogP contribution in [0.2, 0.25) is 0 Å². The van der Waals surface area contributed by atoms with Crippen LogP contribution in [0.5, 0.6) is 0 Å². The third kappa shape index (κ3) is 7.86. The summed E-state index contributed by atoms with van der Waals surface area (Å²) >= 11 is 0. The van der Waals surface area contributed by atoms with Gasteiger partial charge in [0.1, 0.15) is 22.8 Å². The molecule has 3 heterocycles. The quantitative estimate of drug-likeness (QED) is 0.294. The van der Waals surface area contributed by atoms with Crippen LogP contribution in [0.25, 0.3) is 0 Å². The molecule has 39 heavy (non-hydrogen) atoms. The normalized spacial score (nSPS) is 16.8. The number of aliphatic carboxylic acids is 1. The van der Waals surface area contributed by atoms with Crippen molar-refractivity contribution in [2.24, 2.45) is 5.92 Å². The number of rotatable bonds is 12. The van der Waals surface area contributed by atoms with Crippen LogP contribution in [-0.2, 0) is 38.2 Å². The number of carbonyl (C=O) groups excluding carboxylic acids is 2. The topological polar surface area (TPSA) is 141 Å². The van der Waals surface area contributed by atoms with E-state index < -0.39 is 34.8 Å². The monoisotopic (exact) mass is 555 g/mol. The maximum Gasteiger partial charge on any atom is 0.328 e. The lowest BCUT2D eigenvalue weighted by Crippen LogP contribution is -2.57. The summed E-state index contributed by atoms with van der Waals surface area (Å²) in [6.07, 6.45) is 4.64. The number of benzene rings is 1. The van der Waals surface area contributed by atoms with Crippen molar-refractivity contribution in [2.45, 2.75) is 63.3 Å². The molecule has 10 nitrogen and oxygen atoms in total. The van der Waals surface area contributed by atoms with Gasteiger partial charge in [-0.2, -0.15) is 0 Å². The molecule has 2 atom stereocenters. The van der Waals surface area contributed by atoms with Crippen LogP contribution in [0.4, 0.5) is 5.82 Å². The summed E-state index contributed by atoms with van der Waals surface area (Å²) < 4.78 is 14.5. The van der Waals surface area contributed by atoms with E-state index in [1.54, 1.807) is 4.31 Å². The average Bonchev–Trinajstić information content (AvgIpc) is 2.87. The molecule has 1 unspecified atom stereocenters. The van der Waals surface area contributed by atoms with Gasteiger partial charge < -0.3 is 21.1 Å². The first kappa shape index (κ1) is 28.7. The summed E-state index contributed by atoms with van der Waals surface area (Å²) in [5.41, 5.74) is 4.27. The Hall–Kier alpha value is -3.31. The first-order valence-corrected chi connectivity index (χ1v) is 14.6. The zero-order valence-electron chi connectivity index (χ0n) is 22.5. The minimum absolute atomic E-state index is 0.192. The van der Waals surface area contributed by atoms with Gasteiger partial charge in [0.15, 0.2) is 0 Å². The van der Waals surface area contributed by atoms with Crippen molar-refractivity contribution in [3.05, 3.63) is 52.7 Å². The third-order valence-electron chi connectivity index (χ3n) is 7.01. The van der Waals surface area contributed by atoms with Crippen molar-refractivity contribution in [1.82, 2.24) is 19.9 Å². The summed E-state index contributed by atoms with van der Waals surface area (Å²) in [7, 11) is -1.37. The van der Waals surface area contributed by atoms with Gasteiger partial charge in [-0.25, -0.2) is 18.3 Å². The van der Waals surface area contributed by atoms with Gasteiger partial charge in [0.05, 0.1) is 10.8 Å². The second-order valence-electron chi connectivity index (χ2n) is 10.4. The Morgan fingerprint density at radius 2 is 1.90 bits per heavy atom. The van der Waals surface area contributed by atoms with E-state index in [2.05, 4.69) is 27.0 Å². The first-order chi connectivity index (χ1) is 18.7. The molecule has 0 aliphatic carbocycles. The van der Waals surface area contributed by atoms with Crippen LogP contribution < -0.4 is 16.0 Å². The van der Waals surface area contributed by atoms with E-state index in [0.717, 1.165) is 54.9 Å². The van der Waals surface area contributed by atoms with Crippen molar-refractivity contribution in [3.8, 4) is 0 Å². The van der Waals surface area contributed by atoms with Gasteiger partial charge >= 0.3 is 5.97 Å². The number of fused-ring (bicyclic) bond motifs is 1. The van der Waals surface area contributed by atoms with Crippen molar-refractivity contribution < 1.29 is 23.7 Å². The van der Waals surface area contributed by atoms with Crippen molar-refractivity contribution in [1.29, 1.82) is 0 Å². The van der Waals surface area contributed by atoms with Crippen LogP contribution in [0.1, 0.15) is 48.1 Å². The maximum atomic E-state index is 12.8. The first-order valence-electron chi connectivity index (χ1n) is 13.5. The number of anilines is 1. The fourth-order valence-corrected chi connectivity index (χ4v) is 6.32. The number of aryl methyl sites for hydroxylation is 4. The van der Waals surface area contributed by atoms with Crippen LogP contribution in [-0.4, -0.2) is 68.6 Å². The SMILES string of the molecule is Cc1cc(C)cc(S(=O)N2CC(C(=O)N[C@@H](CNC(=O)CCCCc3ccc4c(n3)NCCC4)C(=O)O)C2)c1. The number of hydrogen-bond donors (Lipinski definition) is 4. The molecule has 0 bridgehead atoms. The van der Waals surface area contributed by atoms with Crippen LogP contribution in [0, 0.1) is 19.8 Å². The number of nitrogens with one attached hydrogen (secondary N) is 3. The molecule has 1 fully saturated rings. The predicted octanol–water partition coefficient (Wildman–Crippen LogP) is 2.11. The Morgan fingerprint density at radius 3 is 2.62 bits per heavy atom. The molecule has 1 aromatic heterocycles. The number of carbonyl (C=O) groups is 3. The number of amides is 2. The van der Waals surface area contributed by atoms with Crippen molar-refractivity contribution >= 4 is 34.6 Å². The summed E-state index contributed by atoms with van der Waals surface area (Å²) in [6, 6.07) is 8.65. The van der Waals surface area contributed by atoms with Gasteiger partial charge in [0.2, 0.25) is 11.8 Å². The Kier molecular flexibility index (Phi) is 9.68. The Morgan fingerprint density at radius 1 is 1.15 bits per heavy atom. The Bertz CT molecular complexity index is 1230. The summed E-state index contributed by atoms with van der Waals surface area (Å²) in [6.45, 7) is 5.18. The number of hydrogen-bond acceptors (Lipinski definition) is 6. The number of unbranched alkanes of at least 4 members (excludes halogenated alkanes) is 1. The standard InChI is InChI=1S/C28H37N5O5S/c1-18-12-19(2)14-23(13-18)39(38)33-16-21(17-33)27(35)32-24(28(36)37)15-30-25(34)8-4-3-7-22-10-9-20-6-5-11-29-26(20)31-22/h9-10,12-14,21,24H,3-8,11,15-17H2,1-2H3,(H,29,31)(H,30,34)(H,32,35)(H,36,37)/t24-,39?/m0/s1. The molecule has 4 N–H and O–H groups in total. The van der Waals surface area contributed by atoms with E-state index in [1.807, 2.05) is 38.1 Å². The van der Waals surface area contributed by atoms with Gasteiger partial charge in [-0.1, -0.05) is 12.1 Å². The van der Waals surface area contributed by atoms with E-state index in [9.17, 15) is 23.7 Å². The lowest BCUT2D eigenvalue weighted by Gasteiger charge is -2.37. The number of pyridine rings is 1. The smallest absolute Gasteiger partial charge is 0.328 e. The summed E-state index contributed by atoms with van der Waals surface area (Å²) in [5, 5.41) is 18.0. The van der Waals surface area contributed by atoms with Gasteiger partial charge in [-0.3, -0.25) is 9.59 Å². The number of carboxylic acids is 1. The molecule has 0 spiro atoms. The van der Waals surface area contributed by atoms with Gasteiger partial charge in [0.25, 0.3) is 0 Å². The zero-order chi connectivity index (χ0) is 27.9. The minimum Gasteiger partial charge on any atom is -0.480 e. The lowest BCUT2D eigenvalue weighted by molar-refractivity contribution is -0.143. The number of nitrogens with zero attached hydrogens (tertiary/aromatic N) is 2. The second-order valence-corrected chi connectivity index (χ2v) is 11.9. The Balaban J connectivity index is 1.15. The zero-order valence-corrected chi connectivity index (χ0v) is 23.3. The van der Waals surface area contributed by atoms with Crippen LogP contribution in [0.15, 0.2) is 35.2 Å². The van der Waals surface area contributed by atoms with E-state index in [4.69, 9.17) is 0 Å². The summed E-state index contributed by atoms with van der Waals surface area (Å²) in [4.78, 5) is 41.9. The molecule has 2 aliphatic rings. The Labute approximate surface area is 231 Å². The highest BCUT2D eigenvalue weighted by Gasteiger charge is 2.38. The van der Waals surface area contributed by atoms with Crippen molar-refractivity contribution in [2.75, 3.05) is 31.5 Å². The fourth-order valence-electron chi connectivity index (χ4n) is 4.82. The molecule has 1 saturated heterocycles. The van der Waals surface area contributed by atoms with Gasteiger partial charge in [-0.15, -0.1) is 0 Å². The van der Waals surface area contributed by atoms with Crippen molar-refractivity contribution in [3.63, 3.8) is 0 Å². The molecule has 0 saturated carbocycles. The van der Waals surface area contributed by atoms with Crippen LogP contribution in [0.3, 0.4) is 0 Å². The maximum absolute atomic E-state index is 12.8. The molecule has 11 heteroatoms. The highest BCUT2D eigenvalue weighted by Crippen LogP contribution is 2.24. The van der Waals surface area contributed by atoms with E-state index in [1.165, 1.54) is 5.56 Å². The fraction of sp³-hybridized carbons (Fsp3) is 0.500. The van der Waals surface area contributed by atoms with Crippen LogP contribution >= 0.6 is 0 Å². The molecule has 0 radical (unpaired) electrons. The minimum atomic E-state index is -1.37. The molecular weight excluding hydrogens is 518 g/mol. The van der Waals surface area contributed by atoms with Gasteiger partial charge in [-0.05, 0) is 80.8 Å². The highest BCUT2D eigenvalue weighted by atomic mass is 32.2. The lowest BCUT2D eigenvalue weighted by atomic mass is 10.0. The molecule has 2 amide bonds. The molecule has 4 rings (SSSR count). The van der Waals surface area contributed by atoms with E-state index in [-0.39, 0.29) is 32.0 Å². The highest BCUT2D eigenvalue weighted by molar-refractivity contribution is 7.82. The number of aromatic nitrogens is 1. The predicted molar refractivity (Wildman–Crippen MR) is 149 cm³/mol. The molecular formula is C28H37N5O5S. The van der Waals surface area contributed by atoms with E-state index >= 15 is 0 Å². The molecule has 2 aliphatic heterocycles. The molecule has 1 aromatic carbocycles. The van der Waals surface area contributed by atoms with E-state index in [0.29, 0.717) is 11.3 Å². The average molecular weight is 556 g/mol. The van der Waals surface area contributed by atoms with Gasteiger partial charge in [0, 0.05) is 38.3 Å². The summed E-state index contributed by atoms with van der Waals surface area (Å²) in [5.74, 6) is -1.38. The molecule has 210 valence electrons. The molecule has 2 aromatic rings.